The van der Waals surface area contributed by atoms with Crippen LogP contribution in [0, 0.1) is 0 Å². The number of ketones is 1. The first-order valence-electron chi connectivity index (χ1n) is 7.81. The van der Waals surface area contributed by atoms with Crippen LogP contribution in [0.1, 0.15) is 30.6 Å². The average molecular weight is 310 g/mol. The number of Topliss-reactive ketones (excluding diaryl/α,β-unsaturated/α-hetero) is 1. The van der Waals surface area contributed by atoms with Gasteiger partial charge in [-0.3, -0.25) is 9.59 Å². The van der Waals surface area contributed by atoms with Crippen molar-refractivity contribution in [1.29, 1.82) is 0 Å². The number of benzene rings is 2. The van der Waals surface area contributed by atoms with Gasteiger partial charge in [0, 0.05) is 36.4 Å². The van der Waals surface area contributed by atoms with Crippen molar-refractivity contribution < 1.29 is 9.59 Å². The Bertz CT molecular complexity index is 668. The van der Waals surface area contributed by atoms with E-state index in [0.29, 0.717) is 24.2 Å². The third-order valence-corrected chi connectivity index (χ3v) is 3.66. The second-order valence-corrected chi connectivity index (χ2v) is 5.35. The molecule has 2 aromatic carbocycles. The van der Waals surface area contributed by atoms with Crippen molar-refractivity contribution in [1.82, 2.24) is 0 Å². The Labute approximate surface area is 137 Å². The Morgan fingerprint density at radius 2 is 1.78 bits per heavy atom. The van der Waals surface area contributed by atoms with E-state index in [0.717, 1.165) is 12.2 Å². The highest BCUT2D eigenvalue weighted by atomic mass is 16.1. The maximum absolute atomic E-state index is 12.1. The molecule has 1 amide bonds. The van der Waals surface area contributed by atoms with Gasteiger partial charge < -0.3 is 10.2 Å². The molecule has 0 aromatic heterocycles. The van der Waals surface area contributed by atoms with Gasteiger partial charge in [0.25, 0.3) is 0 Å². The smallest absolute Gasteiger partial charge is 0.226 e. The molecule has 0 aliphatic carbocycles. The van der Waals surface area contributed by atoms with Gasteiger partial charge in [-0.2, -0.15) is 0 Å². The summed E-state index contributed by atoms with van der Waals surface area (Å²) in [6.45, 7) is 5.08. The van der Waals surface area contributed by atoms with Crippen LogP contribution in [-0.2, 0) is 4.79 Å². The minimum atomic E-state index is -0.0555. The lowest BCUT2D eigenvalue weighted by atomic mass is 10.1. The highest BCUT2D eigenvalue weighted by Crippen LogP contribution is 2.14. The van der Waals surface area contributed by atoms with Gasteiger partial charge >= 0.3 is 0 Å². The number of amides is 1. The summed E-state index contributed by atoms with van der Waals surface area (Å²) < 4.78 is 0. The molecule has 0 saturated carbocycles. The summed E-state index contributed by atoms with van der Waals surface area (Å²) in [5.41, 5.74) is 2.37. The predicted octanol–water partition coefficient (Wildman–Crippen LogP) is 3.74. The Balaban J connectivity index is 1.92. The number of nitrogens with one attached hydrogen (secondary N) is 1. The number of carbonyl (C=O) groups is 2. The van der Waals surface area contributed by atoms with Gasteiger partial charge in [-0.05, 0) is 38.1 Å². The fraction of sp³-hybridized carbons (Fsp3) is 0.263. The fourth-order valence-corrected chi connectivity index (χ4v) is 2.38. The molecule has 0 unspecified atom stereocenters. The Kier molecular flexibility index (Phi) is 5.92. The lowest BCUT2D eigenvalue weighted by molar-refractivity contribution is -0.116. The van der Waals surface area contributed by atoms with Crippen LogP contribution in [0.2, 0.25) is 0 Å². The van der Waals surface area contributed by atoms with E-state index in [1.165, 1.54) is 6.92 Å². The van der Waals surface area contributed by atoms with E-state index in [4.69, 9.17) is 0 Å². The largest absolute Gasteiger partial charge is 0.371 e. The van der Waals surface area contributed by atoms with Gasteiger partial charge in [-0.1, -0.05) is 30.3 Å². The van der Waals surface area contributed by atoms with Crippen molar-refractivity contribution in [2.45, 2.75) is 20.3 Å². The van der Waals surface area contributed by atoms with E-state index in [9.17, 15) is 9.59 Å². The van der Waals surface area contributed by atoms with Gasteiger partial charge in [0.05, 0.1) is 0 Å². The molecule has 4 nitrogen and oxygen atoms in total. The molecule has 0 bridgehead atoms. The molecule has 1 N–H and O–H groups in total. The first kappa shape index (κ1) is 16.7. The van der Waals surface area contributed by atoms with Crippen molar-refractivity contribution >= 4 is 23.1 Å². The second-order valence-electron chi connectivity index (χ2n) is 5.35. The molecular weight excluding hydrogens is 288 g/mol. The molecular formula is C19H22N2O2. The molecule has 120 valence electrons. The summed E-state index contributed by atoms with van der Waals surface area (Å²) in [5, 5.41) is 2.85. The lowest BCUT2D eigenvalue weighted by Crippen LogP contribution is -2.27. The van der Waals surface area contributed by atoms with E-state index in [2.05, 4.69) is 17.1 Å². The van der Waals surface area contributed by atoms with Crippen LogP contribution in [0.3, 0.4) is 0 Å². The first-order valence-corrected chi connectivity index (χ1v) is 7.81. The summed E-state index contributed by atoms with van der Waals surface area (Å²) in [5.74, 6) is -0.0672. The fourth-order valence-electron chi connectivity index (χ4n) is 2.38. The highest BCUT2D eigenvalue weighted by molar-refractivity contribution is 5.97. The number of hydrogen-bond acceptors (Lipinski definition) is 3. The summed E-state index contributed by atoms with van der Waals surface area (Å²) in [7, 11) is 0. The van der Waals surface area contributed by atoms with Crippen molar-refractivity contribution in [3.63, 3.8) is 0 Å². The minimum Gasteiger partial charge on any atom is -0.371 e. The summed E-state index contributed by atoms with van der Waals surface area (Å²) in [4.78, 5) is 25.7. The van der Waals surface area contributed by atoms with Gasteiger partial charge in [0.2, 0.25) is 5.91 Å². The summed E-state index contributed by atoms with van der Waals surface area (Å²) in [6.07, 6.45) is 0.396. The zero-order valence-electron chi connectivity index (χ0n) is 13.6. The zero-order valence-corrected chi connectivity index (χ0v) is 13.6. The molecule has 23 heavy (non-hydrogen) atoms. The van der Waals surface area contributed by atoms with Gasteiger partial charge in [-0.25, -0.2) is 0 Å². The van der Waals surface area contributed by atoms with Crippen LogP contribution in [0.4, 0.5) is 11.4 Å². The number of para-hydroxylation sites is 1. The maximum atomic E-state index is 12.1. The average Bonchev–Trinajstić information content (AvgIpc) is 2.56. The van der Waals surface area contributed by atoms with Crippen LogP contribution >= 0.6 is 0 Å². The maximum Gasteiger partial charge on any atom is 0.226 e. The summed E-state index contributed by atoms with van der Waals surface area (Å²) >= 11 is 0. The topological polar surface area (TPSA) is 49.4 Å². The first-order chi connectivity index (χ1) is 11.1. The number of anilines is 2. The SMILES string of the molecule is CCN(CCC(=O)Nc1cccc(C(C)=O)c1)c1ccccc1. The van der Waals surface area contributed by atoms with Crippen LogP contribution in [0.5, 0.6) is 0 Å². The molecule has 4 heteroatoms. The van der Waals surface area contributed by atoms with E-state index in [1.807, 2.05) is 30.3 Å². The van der Waals surface area contributed by atoms with Gasteiger partial charge in [0.15, 0.2) is 5.78 Å². The molecule has 0 atom stereocenters. The van der Waals surface area contributed by atoms with Crippen LogP contribution < -0.4 is 10.2 Å². The normalized spacial score (nSPS) is 10.2. The van der Waals surface area contributed by atoms with E-state index >= 15 is 0 Å². The molecule has 0 radical (unpaired) electrons. The van der Waals surface area contributed by atoms with Crippen molar-refractivity contribution in [3.05, 3.63) is 60.2 Å². The van der Waals surface area contributed by atoms with Crippen molar-refractivity contribution in [3.8, 4) is 0 Å². The Morgan fingerprint density at radius 3 is 2.43 bits per heavy atom. The molecule has 2 aromatic rings. The van der Waals surface area contributed by atoms with Gasteiger partial charge in [0.1, 0.15) is 0 Å². The Hall–Kier alpha value is -2.62. The zero-order chi connectivity index (χ0) is 16.7. The number of carbonyl (C=O) groups excluding carboxylic acids is 2. The molecule has 0 heterocycles. The highest BCUT2D eigenvalue weighted by Gasteiger charge is 2.08. The third-order valence-electron chi connectivity index (χ3n) is 3.66. The molecule has 0 aliphatic heterocycles. The van der Waals surface area contributed by atoms with Crippen molar-refractivity contribution in [2.75, 3.05) is 23.3 Å². The number of rotatable bonds is 7. The Morgan fingerprint density at radius 1 is 1.04 bits per heavy atom. The molecule has 0 fully saturated rings. The monoisotopic (exact) mass is 310 g/mol. The van der Waals surface area contributed by atoms with Gasteiger partial charge in [-0.15, -0.1) is 0 Å². The quantitative estimate of drug-likeness (QED) is 0.792. The summed E-state index contributed by atoms with van der Waals surface area (Å²) in [6, 6.07) is 17.0. The van der Waals surface area contributed by atoms with Crippen LogP contribution in [0.15, 0.2) is 54.6 Å². The standard InChI is InChI=1S/C19H22N2O2/c1-3-21(18-10-5-4-6-11-18)13-12-19(23)20-17-9-7-8-16(14-17)15(2)22/h4-11,14H,3,12-13H2,1-2H3,(H,20,23). The minimum absolute atomic E-state index is 0.0117. The van der Waals surface area contributed by atoms with Crippen molar-refractivity contribution in [2.24, 2.45) is 0 Å². The molecule has 0 saturated heterocycles. The predicted molar refractivity (Wildman–Crippen MR) is 94.0 cm³/mol. The van der Waals surface area contributed by atoms with Crippen LogP contribution in [-0.4, -0.2) is 24.8 Å². The molecule has 2 rings (SSSR count). The van der Waals surface area contributed by atoms with E-state index < -0.39 is 0 Å². The second kappa shape index (κ2) is 8.13. The van der Waals surface area contributed by atoms with E-state index in [-0.39, 0.29) is 11.7 Å². The lowest BCUT2D eigenvalue weighted by Gasteiger charge is -2.22. The number of hydrogen-bond donors (Lipinski definition) is 1. The van der Waals surface area contributed by atoms with Crippen LogP contribution in [0.25, 0.3) is 0 Å². The molecule has 0 aliphatic rings. The third kappa shape index (κ3) is 4.95. The van der Waals surface area contributed by atoms with E-state index in [1.54, 1.807) is 24.3 Å². The number of nitrogens with zero attached hydrogens (tertiary/aromatic N) is 1. The molecule has 0 spiro atoms.